The highest BCUT2D eigenvalue weighted by molar-refractivity contribution is 6.07. The molecule has 0 radical (unpaired) electrons. The highest BCUT2D eigenvalue weighted by Gasteiger charge is 2.91. The first kappa shape index (κ1) is 39.5. The third-order valence-electron chi connectivity index (χ3n) is 7.68. The molecule has 22 heteroatoms. The van der Waals surface area contributed by atoms with Crippen LogP contribution in [0.1, 0.15) is 38.7 Å². The lowest BCUT2D eigenvalue weighted by atomic mass is 9.86. The second-order valence-corrected chi connectivity index (χ2v) is 10.9. The van der Waals surface area contributed by atoms with Crippen molar-refractivity contribution in [2.24, 2.45) is 5.10 Å². The lowest BCUT2D eigenvalue weighted by molar-refractivity contribution is -0.443. The van der Waals surface area contributed by atoms with Gasteiger partial charge in [-0.15, -0.1) is 0 Å². The molecule has 0 aliphatic carbocycles. The topological polar surface area (TPSA) is 129 Å². The van der Waals surface area contributed by atoms with Crippen LogP contribution in [0.15, 0.2) is 60.0 Å². The Hall–Kier alpha value is -5.31. The number of nitrogen functional groups attached to an aromatic ring is 2. The van der Waals surface area contributed by atoms with E-state index in [0.29, 0.717) is 23.9 Å². The van der Waals surface area contributed by atoms with Gasteiger partial charge in [0.15, 0.2) is 17.3 Å². The summed E-state index contributed by atoms with van der Waals surface area (Å²) in [6.07, 6.45) is -5.06. The predicted octanol–water partition coefficient (Wildman–Crippen LogP) is 7.08. The van der Waals surface area contributed by atoms with Crippen LogP contribution in [0, 0.1) is 0 Å². The number of halogens is 13. The first-order valence-electron chi connectivity index (χ1n) is 14.1. The lowest BCUT2D eigenvalue weighted by Crippen LogP contribution is -2.71. The van der Waals surface area contributed by atoms with Gasteiger partial charge in [0.2, 0.25) is 5.95 Å². The van der Waals surface area contributed by atoms with Crippen molar-refractivity contribution in [3.05, 3.63) is 82.7 Å². The van der Waals surface area contributed by atoms with Crippen LogP contribution in [-0.2, 0) is 6.42 Å². The van der Waals surface area contributed by atoms with Crippen molar-refractivity contribution in [1.82, 2.24) is 15.0 Å². The van der Waals surface area contributed by atoms with E-state index < -0.39 is 64.3 Å². The Morgan fingerprint density at radius 3 is 2.06 bits per heavy atom. The Morgan fingerprint density at radius 2 is 1.48 bits per heavy atom. The quantitative estimate of drug-likeness (QED) is 0.114. The fourth-order valence-electron chi connectivity index (χ4n) is 4.99. The van der Waals surface area contributed by atoms with Gasteiger partial charge < -0.3 is 20.9 Å². The molecule has 4 rings (SSSR count). The van der Waals surface area contributed by atoms with E-state index in [4.69, 9.17) is 20.9 Å². The average molecular weight is 763 g/mol. The maximum Gasteiger partial charge on any atom is 0.460 e. The number of anilines is 2. The molecule has 1 atom stereocenters. The van der Waals surface area contributed by atoms with Crippen LogP contribution in [0.3, 0.4) is 0 Å². The van der Waals surface area contributed by atoms with E-state index in [2.05, 4.69) is 15.1 Å². The number of carbonyl (C=O) groups is 1. The molecule has 4 N–H and O–H groups in total. The van der Waals surface area contributed by atoms with Crippen molar-refractivity contribution < 1.29 is 71.3 Å². The zero-order valence-corrected chi connectivity index (χ0v) is 26.1. The van der Waals surface area contributed by atoms with Crippen molar-refractivity contribution in [1.29, 1.82) is 0 Å². The Balaban J connectivity index is 1.80. The molecule has 2 aromatic carbocycles. The predicted molar refractivity (Wildman–Crippen MR) is 156 cm³/mol. The fraction of sp³-hybridized carbons (Fsp3) is 0.333. The van der Waals surface area contributed by atoms with Crippen LogP contribution in [0.25, 0.3) is 0 Å². The van der Waals surface area contributed by atoms with Gasteiger partial charge in [-0.2, -0.15) is 67.2 Å². The summed E-state index contributed by atoms with van der Waals surface area (Å²) >= 11 is 0. The zero-order valence-electron chi connectivity index (χ0n) is 26.1. The smallest absolute Gasteiger partial charge is 0.460 e. The number of carbonyl (C=O) groups excluding carboxylic acids is 1. The van der Waals surface area contributed by atoms with Gasteiger partial charge in [-0.05, 0) is 23.3 Å². The summed E-state index contributed by atoms with van der Waals surface area (Å²) in [5, 5.41) is 3.14. The van der Waals surface area contributed by atoms with Crippen LogP contribution in [0.5, 0.6) is 11.5 Å². The zero-order chi connectivity index (χ0) is 39.2. The second-order valence-electron chi connectivity index (χ2n) is 10.9. The highest BCUT2D eigenvalue weighted by atomic mass is 19.4. The van der Waals surface area contributed by atoms with E-state index in [1.54, 1.807) is 0 Å². The average Bonchev–Trinajstić information content (AvgIpc) is 3.06. The van der Waals surface area contributed by atoms with E-state index in [-0.39, 0.29) is 46.5 Å². The van der Waals surface area contributed by atoms with E-state index in [1.165, 1.54) is 25.4 Å². The molecule has 1 aromatic heterocycles. The van der Waals surface area contributed by atoms with Crippen molar-refractivity contribution in [2.75, 3.05) is 25.7 Å². The molecule has 0 saturated heterocycles. The molecule has 0 bridgehead atoms. The van der Waals surface area contributed by atoms with Crippen molar-refractivity contribution >= 4 is 23.8 Å². The normalized spacial score (nSPS) is 15.9. The van der Waals surface area contributed by atoms with Gasteiger partial charge in [0.05, 0.1) is 26.0 Å². The summed E-state index contributed by atoms with van der Waals surface area (Å²) in [6, 6.07) is 2.53. The minimum absolute atomic E-state index is 0.0486. The number of methoxy groups -OCH3 is 2. The Labute approximate surface area is 283 Å². The number of fused-ring (bicyclic) bond motifs is 1. The monoisotopic (exact) mass is 762 g/mol. The number of ketones is 1. The van der Waals surface area contributed by atoms with Crippen molar-refractivity contribution in [3.8, 4) is 11.5 Å². The number of aromatic nitrogens is 2. The standard InChI is InChI=1S/C30H23F13N6O3/c1-51-20-11-14(9-16-12-46-24(45)48-23(16)44)10-18(21(20)52-2)19(50)7-8-49-22(17-6-4-3-5-15(17)13-47-49)25(31,32)26(33,34)27(35,36)28(37,38)29(39,40)30(41,42)43/h3-8,10-13,22H,9H2,1-2H3,(H4,44,45,46,48)/b8-7+. The van der Waals surface area contributed by atoms with E-state index in [0.717, 1.165) is 25.3 Å². The minimum Gasteiger partial charge on any atom is -0.493 e. The molecule has 1 aliphatic heterocycles. The van der Waals surface area contributed by atoms with Crippen LogP contribution >= 0.6 is 0 Å². The number of hydrogen-bond acceptors (Lipinski definition) is 9. The van der Waals surface area contributed by atoms with Gasteiger partial charge in [0.25, 0.3) is 0 Å². The first-order valence-corrected chi connectivity index (χ1v) is 14.1. The molecule has 282 valence electrons. The highest BCUT2D eigenvalue weighted by Crippen LogP contribution is 2.62. The number of hydrogen-bond donors (Lipinski definition) is 2. The maximum absolute atomic E-state index is 15.7. The molecule has 9 nitrogen and oxygen atoms in total. The fourth-order valence-corrected chi connectivity index (χ4v) is 4.99. The number of alkyl halides is 13. The summed E-state index contributed by atoms with van der Waals surface area (Å²) in [4.78, 5) is 21.0. The Bertz CT molecular complexity index is 1900. The molecule has 0 fully saturated rings. The van der Waals surface area contributed by atoms with Crippen LogP contribution < -0.4 is 20.9 Å². The second kappa shape index (κ2) is 13.3. The van der Waals surface area contributed by atoms with E-state index >= 15 is 17.6 Å². The minimum atomic E-state index is -8.11. The molecule has 52 heavy (non-hydrogen) atoms. The van der Waals surface area contributed by atoms with Crippen LogP contribution in [-0.4, -0.2) is 77.0 Å². The van der Waals surface area contributed by atoms with Gasteiger partial charge in [0.1, 0.15) is 11.9 Å². The number of nitrogens with two attached hydrogens (primary N) is 2. The summed E-state index contributed by atoms with van der Waals surface area (Å²) in [7, 11) is 2.26. The van der Waals surface area contributed by atoms with Crippen LogP contribution in [0.2, 0.25) is 0 Å². The van der Waals surface area contributed by atoms with Crippen molar-refractivity contribution in [3.63, 3.8) is 0 Å². The SMILES string of the molecule is COc1cc(Cc2cnc(N)nc2N)cc(C(=O)/C=C/N2N=Cc3ccccc3C2C(F)(F)C(F)(F)C(F)(F)C(F)(F)C(F)(F)C(F)(F)F)c1OC. The third-order valence-corrected chi connectivity index (χ3v) is 7.68. The third kappa shape index (κ3) is 6.37. The largest absolute Gasteiger partial charge is 0.493 e. The summed E-state index contributed by atoms with van der Waals surface area (Å²) in [5.74, 6) is -40.1. The van der Waals surface area contributed by atoms with Gasteiger partial charge in [-0.3, -0.25) is 9.80 Å². The Morgan fingerprint density at radius 1 is 0.865 bits per heavy atom. The molecule has 0 spiro atoms. The molecule has 0 saturated carbocycles. The molecular weight excluding hydrogens is 739 g/mol. The first-order chi connectivity index (χ1) is 23.9. The number of allylic oxidation sites excluding steroid dienone is 1. The molecule has 1 unspecified atom stereocenters. The number of ether oxygens (including phenoxy) is 2. The molecule has 3 aromatic rings. The number of nitrogens with zero attached hydrogens (tertiary/aromatic N) is 4. The van der Waals surface area contributed by atoms with E-state index in [9.17, 15) is 44.3 Å². The summed E-state index contributed by atoms with van der Waals surface area (Å²) < 4.78 is 194. The summed E-state index contributed by atoms with van der Waals surface area (Å²) in [5.41, 5.74) is 9.97. The van der Waals surface area contributed by atoms with Gasteiger partial charge >= 0.3 is 35.8 Å². The van der Waals surface area contributed by atoms with Crippen LogP contribution in [0.4, 0.5) is 68.8 Å². The maximum atomic E-state index is 15.7. The molecule has 0 amide bonds. The van der Waals surface area contributed by atoms with Gasteiger partial charge in [-0.25, -0.2) is 4.98 Å². The number of hydrazone groups is 1. The van der Waals surface area contributed by atoms with Gasteiger partial charge in [-0.1, -0.05) is 24.3 Å². The molecule has 1 aliphatic rings. The Kier molecular flexibility index (Phi) is 10.1. The number of benzene rings is 2. The van der Waals surface area contributed by atoms with Crippen molar-refractivity contribution in [2.45, 2.75) is 48.3 Å². The molecule has 2 heterocycles. The van der Waals surface area contributed by atoms with Gasteiger partial charge in [0, 0.05) is 36.0 Å². The van der Waals surface area contributed by atoms with E-state index in [1.807, 2.05) is 0 Å². The molecular formula is C30H23F13N6O3. The number of rotatable bonds is 12. The lowest BCUT2D eigenvalue weighted by Gasteiger charge is -2.44. The summed E-state index contributed by atoms with van der Waals surface area (Å²) in [6.45, 7) is 0.